The molecule has 0 heterocycles. The van der Waals surface area contributed by atoms with E-state index in [1.54, 1.807) is 0 Å². The van der Waals surface area contributed by atoms with E-state index in [1.807, 2.05) is 0 Å². The van der Waals surface area contributed by atoms with Crippen molar-refractivity contribution in [1.29, 1.82) is 0 Å². The minimum atomic E-state index is -3.13. The zero-order valence-corrected chi connectivity index (χ0v) is 34.4. The second-order valence-corrected chi connectivity index (χ2v) is 17.9. The van der Waals surface area contributed by atoms with Gasteiger partial charge >= 0.3 is 15.2 Å². The van der Waals surface area contributed by atoms with Gasteiger partial charge in [0.2, 0.25) is 0 Å². The Bertz CT molecular complexity index is 739. The standard InChI is InChI=1S/C36H82N6O6P2/c1-3-5-31-45-49(43,35-29-41(25-17-21-37)26-18-22-38)47-33-15-13-11-9-7-8-10-12-14-16-34-48-50(44,46-32-6-4-2)36-30-42(27-19-23-39)28-20-24-40/h3-40H2,1-2H3. The third kappa shape index (κ3) is 30.5. The van der Waals surface area contributed by atoms with Crippen molar-refractivity contribution in [2.75, 3.05) is 104 Å². The summed E-state index contributed by atoms with van der Waals surface area (Å²) in [6, 6.07) is 0. The van der Waals surface area contributed by atoms with Crippen LogP contribution in [0.2, 0.25) is 0 Å². The lowest BCUT2D eigenvalue weighted by Gasteiger charge is -2.25. The van der Waals surface area contributed by atoms with Gasteiger partial charge in [-0.3, -0.25) is 9.13 Å². The maximum absolute atomic E-state index is 13.5. The molecule has 0 aliphatic rings. The molecule has 0 rings (SSSR count). The van der Waals surface area contributed by atoms with E-state index in [1.165, 1.54) is 25.7 Å². The quantitative estimate of drug-likeness (QED) is 0.0373. The first-order chi connectivity index (χ1) is 24.3. The lowest BCUT2D eigenvalue weighted by molar-refractivity contribution is 0.191. The molecule has 0 saturated heterocycles. The topological polar surface area (TPSA) is 182 Å². The molecule has 0 bridgehead atoms. The molecule has 0 aromatic heterocycles. The van der Waals surface area contributed by atoms with Crippen LogP contribution in [0.4, 0.5) is 0 Å². The molecule has 14 heteroatoms. The fraction of sp³-hybridized carbons (Fsp3) is 1.00. The Morgan fingerprint density at radius 3 is 0.900 bits per heavy atom. The molecule has 0 spiro atoms. The normalized spacial score (nSPS) is 14.5. The van der Waals surface area contributed by atoms with Gasteiger partial charge in [0.15, 0.2) is 0 Å². The summed E-state index contributed by atoms with van der Waals surface area (Å²) in [5.41, 5.74) is 22.9. The van der Waals surface area contributed by atoms with Crippen LogP contribution in [0.1, 0.15) is 129 Å². The van der Waals surface area contributed by atoms with Crippen LogP contribution in [-0.4, -0.2) is 114 Å². The smallest absolute Gasteiger partial charge is 0.330 e. The van der Waals surface area contributed by atoms with Crippen LogP contribution < -0.4 is 22.9 Å². The van der Waals surface area contributed by atoms with Gasteiger partial charge in [0.1, 0.15) is 0 Å². The number of hydrogen-bond acceptors (Lipinski definition) is 12. The predicted octanol–water partition coefficient (Wildman–Crippen LogP) is 6.94. The number of nitrogens with zero attached hydrogens (tertiary/aromatic N) is 2. The van der Waals surface area contributed by atoms with Gasteiger partial charge in [0.25, 0.3) is 0 Å². The summed E-state index contributed by atoms with van der Waals surface area (Å²) in [6.45, 7) is 13.6. The monoisotopic (exact) mass is 757 g/mol. The van der Waals surface area contributed by atoms with E-state index in [4.69, 9.17) is 41.0 Å². The molecular formula is C36H82N6O6P2. The maximum atomic E-state index is 13.5. The minimum Gasteiger partial charge on any atom is -0.330 e. The molecule has 0 aliphatic heterocycles. The fourth-order valence-electron chi connectivity index (χ4n) is 5.51. The number of hydrogen-bond donors (Lipinski definition) is 4. The Kier molecular flexibility index (Phi) is 36.1. The van der Waals surface area contributed by atoms with E-state index in [2.05, 4.69) is 23.6 Å². The highest BCUT2D eigenvalue weighted by Gasteiger charge is 2.26. The molecule has 50 heavy (non-hydrogen) atoms. The number of unbranched alkanes of at least 4 members (excludes halogenated alkanes) is 11. The van der Waals surface area contributed by atoms with E-state index in [0.29, 0.717) is 78.0 Å². The summed E-state index contributed by atoms with van der Waals surface area (Å²) in [6.07, 6.45) is 19.3. The number of rotatable bonds is 41. The number of nitrogens with two attached hydrogens (primary N) is 4. The SMILES string of the molecule is CCCCOP(=O)(CCN(CCCN)CCCN)OCCCCCCCCCCCCOP(=O)(CCN(CCCN)CCCN)OCCCC. The molecule has 0 saturated carbocycles. The Hall–Kier alpha value is 0.0600. The molecule has 0 amide bonds. The van der Waals surface area contributed by atoms with Crippen LogP contribution in [-0.2, 0) is 27.2 Å². The van der Waals surface area contributed by atoms with Gasteiger partial charge in [-0.2, -0.15) is 0 Å². The highest BCUT2D eigenvalue weighted by molar-refractivity contribution is 7.54. The van der Waals surface area contributed by atoms with Crippen LogP contribution in [0.15, 0.2) is 0 Å². The van der Waals surface area contributed by atoms with E-state index in [-0.39, 0.29) is 0 Å². The summed E-state index contributed by atoms with van der Waals surface area (Å²) >= 11 is 0. The maximum Gasteiger partial charge on any atom is 0.331 e. The van der Waals surface area contributed by atoms with Gasteiger partial charge in [-0.15, -0.1) is 0 Å². The van der Waals surface area contributed by atoms with Crippen molar-refractivity contribution < 1.29 is 27.2 Å². The highest BCUT2D eigenvalue weighted by Crippen LogP contribution is 2.49. The molecule has 302 valence electrons. The van der Waals surface area contributed by atoms with Crippen molar-refractivity contribution in [2.45, 2.75) is 129 Å². The van der Waals surface area contributed by atoms with E-state index in [9.17, 15) is 9.13 Å². The molecule has 0 aliphatic carbocycles. The molecule has 2 atom stereocenters. The Morgan fingerprint density at radius 1 is 0.380 bits per heavy atom. The molecule has 8 N–H and O–H groups in total. The Balaban J connectivity index is 4.26. The second kappa shape index (κ2) is 36.1. The highest BCUT2D eigenvalue weighted by atomic mass is 31.2. The minimum absolute atomic E-state index is 0.411. The molecule has 0 aromatic rings. The van der Waals surface area contributed by atoms with Crippen molar-refractivity contribution >= 4 is 15.2 Å². The van der Waals surface area contributed by atoms with Crippen molar-refractivity contribution in [3.8, 4) is 0 Å². The third-order valence-corrected chi connectivity index (χ3v) is 12.6. The first-order valence-electron chi connectivity index (χ1n) is 20.3. The van der Waals surface area contributed by atoms with Crippen LogP contribution in [0, 0.1) is 0 Å². The van der Waals surface area contributed by atoms with Crippen LogP contribution in [0.3, 0.4) is 0 Å². The predicted molar refractivity (Wildman–Crippen MR) is 212 cm³/mol. The molecule has 0 fully saturated rings. The molecular weight excluding hydrogens is 674 g/mol. The van der Waals surface area contributed by atoms with Crippen LogP contribution in [0.25, 0.3) is 0 Å². The van der Waals surface area contributed by atoms with E-state index in [0.717, 1.165) is 116 Å². The van der Waals surface area contributed by atoms with Gasteiger partial charge in [-0.25, -0.2) is 0 Å². The van der Waals surface area contributed by atoms with Crippen LogP contribution >= 0.6 is 15.2 Å². The third-order valence-electron chi connectivity index (χ3n) is 8.78. The average molecular weight is 757 g/mol. The Labute approximate surface area is 308 Å². The molecule has 2 unspecified atom stereocenters. The fourth-order valence-corrected chi connectivity index (χ4v) is 8.86. The van der Waals surface area contributed by atoms with Gasteiger partial charge in [-0.1, -0.05) is 78.1 Å². The lowest BCUT2D eigenvalue weighted by Crippen LogP contribution is -2.31. The van der Waals surface area contributed by atoms with Gasteiger partial charge in [-0.05, 0) is 104 Å². The summed E-state index contributed by atoms with van der Waals surface area (Å²) in [5, 5.41) is 0. The van der Waals surface area contributed by atoms with Gasteiger partial charge in [0.05, 0.1) is 38.8 Å². The Morgan fingerprint density at radius 2 is 0.640 bits per heavy atom. The lowest BCUT2D eigenvalue weighted by atomic mass is 10.1. The summed E-state index contributed by atoms with van der Waals surface area (Å²) < 4.78 is 50.6. The van der Waals surface area contributed by atoms with Crippen molar-refractivity contribution in [3.63, 3.8) is 0 Å². The van der Waals surface area contributed by atoms with Crippen LogP contribution in [0.5, 0.6) is 0 Å². The summed E-state index contributed by atoms with van der Waals surface area (Å²) in [4.78, 5) is 4.56. The first kappa shape index (κ1) is 50.1. The zero-order chi connectivity index (χ0) is 37.0. The second-order valence-electron chi connectivity index (χ2n) is 13.5. The first-order valence-corrected chi connectivity index (χ1v) is 23.8. The van der Waals surface area contributed by atoms with Crippen molar-refractivity contribution in [3.05, 3.63) is 0 Å². The van der Waals surface area contributed by atoms with Crippen molar-refractivity contribution in [2.24, 2.45) is 22.9 Å². The average Bonchev–Trinajstić information content (AvgIpc) is 3.11. The summed E-state index contributed by atoms with van der Waals surface area (Å²) in [7, 11) is -6.25. The van der Waals surface area contributed by atoms with Gasteiger partial charge < -0.3 is 50.8 Å². The molecule has 0 radical (unpaired) electrons. The zero-order valence-electron chi connectivity index (χ0n) is 32.6. The molecule has 0 aromatic carbocycles. The summed E-state index contributed by atoms with van der Waals surface area (Å²) in [5.74, 6) is 0. The van der Waals surface area contributed by atoms with Gasteiger partial charge in [0, 0.05) is 13.1 Å². The van der Waals surface area contributed by atoms with Crippen molar-refractivity contribution in [1.82, 2.24) is 9.80 Å². The van der Waals surface area contributed by atoms with E-state index < -0.39 is 15.2 Å². The largest absolute Gasteiger partial charge is 0.331 e. The van der Waals surface area contributed by atoms with E-state index >= 15 is 0 Å². The molecule has 12 nitrogen and oxygen atoms in total.